The number of halogens is 2. The number of phenols is 1. The van der Waals surface area contributed by atoms with E-state index in [4.69, 9.17) is 33.7 Å². The van der Waals surface area contributed by atoms with Crippen molar-refractivity contribution in [2.75, 3.05) is 0 Å². The maximum absolute atomic E-state index is 9.60. The lowest BCUT2D eigenvalue weighted by atomic mass is 9.83. The van der Waals surface area contributed by atoms with Gasteiger partial charge in [-0.25, -0.2) is 0 Å². The summed E-state index contributed by atoms with van der Waals surface area (Å²) in [6.07, 6.45) is 0. The smallest absolute Gasteiger partial charge is 0.205 e. The summed E-state index contributed by atoms with van der Waals surface area (Å²) in [6, 6.07) is 11.9. The van der Waals surface area contributed by atoms with E-state index in [2.05, 4.69) is 6.07 Å². The Labute approximate surface area is 136 Å². The van der Waals surface area contributed by atoms with Crippen molar-refractivity contribution >= 4 is 23.2 Å². The fraction of sp³-hybridized carbons (Fsp3) is 0.0625. The Morgan fingerprint density at radius 2 is 1.95 bits per heavy atom. The average molecular weight is 333 g/mol. The van der Waals surface area contributed by atoms with E-state index in [9.17, 15) is 10.4 Å². The molecule has 0 aliphatic carbocycles. The topological polar surface area (TPSA) is 79.3 Å². The molecule has 3 rings (SSSR count). The molecule has 1 aliphatic rings. The zero-order chi connectivity index (χ0) is 15.9. The number of allylic oxidation sites excluding steroid dienone is 1. The number of rotatable bonds is 1. The summed E-state index contributed by atoms with van der Waals surface area (Å²) in [7, 11) is 0. The third-order valence-electron chi connectivity index (χ3n) is 3.50. The van der Waals surface area contributed by atoms with E-state index in [1.54, 1.807) is 24.3 Å². The number of nitrogens with zero attached hydrogens (tertiary/aromatic N) is 1. The van der Waals surface area contributed by atoms with Crippen LogP contribution in [0.2, 0.25) is 10.0 Å². The first-order valence-corrected chi connectivity index (χ1v) is 7.13. The van der Waals surface area contributed by atoms with Crippen molar-refractivity contribution in [2.24, 2.45) is 5.73 Å². The molecule has 0 aromatic heterocycles. The van der Waals surface area contributed by atoms with Gasteiger partial charge in [0.25, 0.3) is 0 Å². The van der Waals surface area contributed by atoms with Gasteiger partial charge in [0.1, 0.15) is 23.1 Å². The van der Waals surface area contributed by atoms with Crippen LogP contribution in [0, 0.1) is 11.3 Å². The molecule has 3 N–H and O–H groups in total. The van der Waals surface area contributed by atoms with Crippen LogP contribution in [-0.2, 0) is 0 Å². The van der Waals surface area contributed by atoms with E-state index in [0.29, 0.717) is 26.9 Å². The van der Waals surface area contributed by atoms with Gasteiger partial charge in [-0.2, -0.15) is 5.26 Å². The van der Waals surface area contributed by atoms with Crippen molar-refractivity contribution in [3.05, 3.63) is 69.0 Å². The molecule has 110 valence electrons. The lowest BCUT2D eigenvalue weighted by molar-refractivity contribution is 0.388. The second-order valence-electron chi connectivity index (χ2n) is 4.79. The number of fused-ring (bicyclic) bond motifs is 1. The average Bonchev–Trinajstić information content (AvgIpc) is 2.48. The standard InChI is InChI=1S/C16H10Cl2N2O2/c17-12-3-1-2-10(15(12)18)14-9-5-4-8(21)6-13(9)22-16(20)11(14)7-19/h1-6,14,21H,20H2. The number of benzene rings is 2. The quantitative estimate of drug-likeness (QED) is 0.829. The largest absolute Gasteiger partial charge is 0.508 e. The molecule has 0 radical (unpaired) electrons. The Kier molecular flexibility index (Phi) is 3.61. The molecule has 0 bridgehead atoms. The first kappa shape index (κ1) is 14.6. The fourth-order valence-corrected chi connectivity index (χ4v) is 2.92. The lowest BCUT2D eigenvalue weighted by Gasteiger charge is -2.27. The Balaban J connectivity index is 2.29. The maximum Gasteiger partial charge on any atom is 0.205 e. The molecule has 1 unspecified atom stereocenters. The summed E-state index contributed by atoms with van der Waals surface area (Å²) < 4.78 is 5.44. The van der Waals surface area contributed by atoms with Crippen LogP contribution in [0.15, 0.2) is 47.9 Å². The summed E-state index contributed by atoms with van der Waals surface area (Å²) in [5, 5.41) is 19.8. The highest BCUT2D eigenvalue weighted by molar-refractivity contribution is 6.42. The van der Waals surface area contributed by atoms with Crippen LogP contribution >= 0.6 is 23.2 Å². The molecule has 0 amide bonds. The predicted octanol–water partition coefficient (Wildman–Crippen LogP) is 3.92. The number of nitrogens with two attached hydrogens (primary N) is 1. The molecule has 6 heteroatoms. The molecule has 1 atom stereocenters. The SMILES string of the molecule is N#CC1=C(N)Oc2cc(O)ccc2C1c1cccc(Cl)c1Cl. The van der Waals surface area contributed by atoms with Gasteiger partial charge in [0.15, 0.2) is 0 Å². The lowest BCUT2D eigenvalue weighted by Crippen LogP contribution is -2.21. The van der Waals surface area contributed by atoms with Gasteiger partial charge in [-0.05, 0) is 17.7 Å². The van der Waals surface area contributed by atoms with Crippen LogP contribution in [0.25, 0.3) is 0 Å². The van der Waals surface area contributed by atoms with Crippen molar-refractivity contribution in [3.63, 3.8) is 0 Å². The molecule has 1 aliphatic heterocycles. The molecule has 0 saturated heterocycles. The van der Waals surface area contributed by atoms with Crippen LogP contribution in [0.1, 0.15) is 17.0 Å². The number of hydrogen-bond donors (Lipinski definition) is 2. The monoisotopic (exact) mass is 332 g/mol. The first-order chi connectivity index (χ1) is 10.5. The van der Waals surface area contributed by atoms with Crippen LogP contribution in [0.4, 0.5) is 0 Å². The van der Waals surface area contributed by atoms with E-state index in [1.165, 1.54) is 12.1 Å². The highest BCUT2D eigenvalue weighted by Gasteiger charge is 2.32. The van der Waals surface area contributed by atoms with Crippen LogP contribution in [-0.4, -0.2) is 5.11 Å². The molecule has 0 fully saturated rings. The number of aromatic hydroxyl groups is 1. The van der Waals surface area contributed by atoms with Crippen LogP contribution in [0.3, 0.4) is 0 Å². The van der Waals surface area contributed by atoms with E-state index in [0.717, 1.165) is 0 Å². The molecular weight excluding hydrogens is 323 g/mol. The van der Waals surface area contributed by atoms with E-state index in [1.807, 2.05) is 0 Å². The summed E-state index contributed by atoms with van der Waals surface area (Å²) in [5.41, 5.74) is 7.44. The van der Waals surface area contributed by atoms with Crippen molar-refractivity contribution < 1.29 is 9.84 Å². The van der Waals surface area contributed by atoms with Crippen molar-refractivity contribution in [1.82, 2.24) is 0 Å². The normalized spacial score (nSPS) is 16.7. The third-order valence-corrected chi connectivity index (χ3v) is 4.33. The summed E-state index contributed by atoms with van der Waals surface area (Å²) in [5.74, 6) is -0.0809. The minimum Gasteiger partial charge on any atom is -0.508 e. The first-order valence-electron chi connectivity index (χ1n) is 6.37. The molecule has 2 aromatic rings. The summed E-state index contributed by atoms with van der Waals surface area (Å²) in [6.45, 7) is 0. The predicted molar refractivity (Wildman–Crippen MR) is 83.9 cm³/mol. The van der Waals surface area contributed by atoms with Gasteiger partial charge in [0.2, 0.25) is 5.88 Å². The highest BCUT2D eigenvalue weighted by atomic mass is 35.5. The van der Waals surface area contributed by atoms with Crippen molar-refractivity contribution in [1.29, 1.82) is 5.26 Å². The molecule has 0 spiro atoms. The van der Waals surface area contributed by atoms with Gasteiger partial charge in [-0.1, -0.05) is 41.4 Å². The van der Waals surface area contributed by atoms with Crippen molar-refractivity contribution in [3.8, 4) is 17.6 Å². The van der Waals surface area contributed by atoms with E-state index in [-0.39, 0.29) is 17.2 Å². The zero-order valence-corrected chi connectivity index (χ0v) is 12.7. The number of phenolic OH excluding ortho intramolecular Hbond substituents is 1. The summed E-state index contributed by atoms with van der Waals surface area (Å²) >= 11 is 12.4. The van der Waals surface area contributed by atoms with Crippen LogP contribution in [0.5, 0.6) is 11.5 Å². The molecular formula is C16H10Cl2N2O2. The minimum atomic E-state index is -0.499. The van der Waals surface area contributed by atoms with Gasteiger partial charge < -0.3 is 15.6 Å². The highest BCUT2D eigenvalue weighted by Crippen LogP contribution is 2.46. The fourth-order valence-electron chi connectivity index (χ4n) is 2.51. The molecule has 22 heavy (non-hydrogen) atoms. The van der Waals surface area contributed by atoms with Gasteiger partial charge in [-0.3, -0.25) is 0 Å². The Hall–Kier alpha value is -2.35. The van der Waals surface area contributed by atoms with E-state index >= 15 is 0 Å². The molecule has 4 nitrogen and oxygen atoms in total. The number of hydrogen-bond acceptors (Lipinski definition) is 4. The number of nitriles is 1. The summed E-state index contributed by atoms with van der Waals surface area (Å²) in [4.78, 5) is 0. The Morgan fingerprint density at radius 1 is 1.18 bits per heavy atom. The van der Waals surface area contributed by atoms with E-state index < -0.39 is 5.92 Å². The molecule has 0 saturated carbocycles. The van der Waals surface area contributed by atoms with Crippen molar-refractivity contribution in [2.45, 2.75) is 5.92 Å². The van der Waals surface area contributed by atoms with Crippen LogP contribution < -0.4 is 10.5 Å². The van der Waals surface area contributed by atoms with Gasteiger partial charge in [0.05, 0.1) is 16.0 Å². The maximum atomic E-state index is 9.60. The Bertz CT molecular complexity index is 841. The molecule has 2 aromatic carbocycles. The van der Waals surface area contributed by atoms with Gasteiger partial charge >= 0.3 is 0 Å². The molecule has 1 heterocycles. The minimum absolute atomic E-state index is 0.0124. The third kappa shape index (κ3) is 2.25. The Morgan fingerprint density at radius 3 is 2.68 bits per heavy atom. The van der Waals surface area contributed by atoms with Gasteiger partial charge in [0, 0.05) is 11.6 Å². The second kappa shape index (κ2) is 5.45. The second-order valence-corrected chi connectivity index (χ2v) is 5.58. The van der Waals surface area contributed by atoms with Gasteiger partial charge in [-0.15, -0.1) is 0 Å². The number of ether oxygens (including phenoxy) is 1. The zero-order valence-electron chi connectivity index (χ0n) is 11.2.